The van der Waals surface area contributed by atoms with Crippen molar-refractivity contribution in [3.8, 4) is 0 Å². The number of carbonyl (C=O) groups excluding carboxylic acids is 1. The minimum absolute atomic E-state index is 0. The number of rotatable bonds is 25. The highest BCUT2D eigenvalue weighted by Gasteiger charge is 2.14. The van der Waals surface area contributed by atoms with E-state index in [9.17, 15) is 4.79 Å². The third-order valence-corrected chi connectivity index (χ3v) is 6.85. The molecule has 36 heavy (non-hydrogen) atoms. The Morgan fingerprint density at radius 1 is 0.611 bits per heavy atom. The van der Waals surface area contributed by atoms with Crippen LogP contribution in [0.4, 0.5) is 0 Å². The zero-order valence-corrected chi connectivity index (χ0v) is 25.5. The fourth-order valence-electron chi connectivity index (χ4n) is 4.56. The molecule has 0 aromatic rings. The molecular weight excluding hydrogens is 472 g/mol. The number of nitrogens with zero attached hydrogens (tertiary/aromatic N) is 1. The van der Waals surface area contributed by atoms with Crippen molar-refractivity contribution < 1.29 is 31.9 Å². The minimum Gasteiger partial charge on any atom is -1.00 e. The molecule has 0 bridgehead atoms. The molecule has 0 heterocycles. The molecule has 0 saturated heterocycles. The van der Waals surface area contributed by atoms with Gasteiger partial charge < -0.3 is 32.8 Å². The minimum atomic E-state index is -1.15. The van der Waals surface area contributed by atoms with E-state index in [1.54, 1.807) is 0 Å². The van der Waals surface area contributed by atoms with Crippen LogP contribution in [0.2, 0.25) is 0 Å². The second-order valence-corrected chi connectivity index (χ2v) is 11.2. The summed E-state index contributed by atoms with van der Waals surface area (Å²) in [5, 5.41) is 17.3. The summed E-state index contributed by atoms with van der Waals surface area (Å²) in [5.74, 6) is -0.151. The van der Waals surface area contributed by atoms with Gasteiger partial charge in [-0.1, -0.05) is 129 Å². The first-order valence-corrected chi connectivity index (χ1v) is 15.2. The number of aliphatic hydroxyl groups is 2. The number of quaternary nitrogens is 1. The summed E-state index contributed by atoms with van der Waals surface area (Å²) in [5.41, 5.74) is 5.13. The number of hydrogen-bond donors (Lipinski definition) is 3. The van der Waals surface area contributed by atoms with Crippen LogP contribution in [0.25, 0.3) is 0 Å². The van der Waals surface area contributed by atoms with Gasteiger partial charge in [0.15, 0.2) is 6.29 Å². The van der Waals surface area contributed by atoms with Crippen molar-refractivity contribution in [2.24, 2.45) is 5.73 Å². The molecule has 0 fully saturated rings. The second kappa shape index (κ2) is 30.9. The average Bonchev–Trinajstić information content (AvgIpc) is 2.79. The molecule has 0 saturated carbocycles. The summed E-state index contributed by atoms with van der Waals surface area (Å²) in [6.07, 6.45) is 27.2. The quantitative estimate of drug-likeness (QED) is 0.0914. The van der Waals surface area contributed by atoms with E-state index in [1.807, 2.05) is 0 Å². The normalized spacial score (nSPS) is 11.2. The number of amides is 1. The van der Waals surface area contributed by atoms with Crippen LogP contribution in [-0.4, -0.2) is 54.1 Å². The number of halogens is 1. The molecule has 0 radical (unpaired) electrons. The van der Waals surface area contributed by atoms with Crippen molar-refractivity contribution in [1.82, 2.24) is 0 Å². The zero-order chi connectivity index (χ0) is 26.6. The van der Waals surface area contributed by atoms with E-state index < -0.39 is 6.29 Å². The Morgan fingerprint density at radius 3 is 1.22 bits per heavy atom. The van der Waals surface area contributed by atoms with Crippen LogP contribution >= 0.6 is 0 Å². The average molecular weight is 537 g/mol. The van der Waals surface area contributed by atoms with Crippen molar-refractivity contribution in [2.75, 3.05) is 27.2 Å². The number of carbonyl (C=O) groups is 1. The van der Waals surface area contributed by atoms with E-state index >= 15 is 0 Å². The molecule has 6 heteroatoms. The molecule has 0 aromatic heterocycles. The second-order valence-electron chi connectivity index (χ2n) is 11.2. The number of primary amides is 1. The summed E-state index contributed by atoms with van der Waals surface area (Å²) in [6, 6.07) is 0. The van der Waals surface area contributed by atoms with Gasteiger partial charge >= 0.3 is 0 Å². The molecule has 0 unspecified atom stereocenters. The molecule has 1 amide bonds. The maximum absolute atomic E-state index is 10.6. The Labute approximate surface area is 232 Å². The van der Waals surface area contributed by atoms with E-state index in [-0.39, 0.29) is 18.3 Å². The van der Waals surface area contributed by atoms with E-state index in [0.29, 0.717) is 12.8 Å². The van der Waals surface area contributed by atoms with E-state index in [4.69, 9.17) is 15.9 Å². The van der Waals surface area contributed by atoms with Crippen LogP contribution in [-0.2, 0) is 4.79 Å². The van der Waals surface area contributed by atoms with Gasteiger partial charge in [0.1, 0.15) is 0 Å². The molecule has 0 spiro atoms. The van der Waals surface area contributed by atoms with Crippen molar-refractivity contribution in [3.63, 3.8) is 0 Å². The van der Waals surface area contributed by atoms with Crippen LogP contribution in [0.1, 0.15) is 155 Å². The molecule has 0 aromatic carbocycles. The fraction of sp³-hybridized carbons (Fsp3) is 0.967. The highest BCUT2D eigenvalue weighted by Crippen LogP contribution is 2.14. The summed E-state index contributed by atoms with van der Waals surface area (Å²) in [7, 11) is 4.21. The van der Waals surface area contributed by atoms with Crippen LogP contribution < -0.4 is 18.1 Å². The number of hydrogen-bond acceptors (Lipinski definition) is 3. The third-order valence-electron chi connectivity index (χ3n) is 6.85. The van der Waals surface area contributed by atoms with Crippen LogP contribution in [0.3, 0.4) is 0 Å². The summed E-state index contributed by atoms with van der Waals surface area (Å²) < 4.78 is 0.869. The predicted octanol–water partition coefficient (Wildman–Crippen LogP) is 4.47. The molecule has 0 aliphatic rings. The van der Waals surface area contributed by atoms with Gasteiger partial charge in [0.25, 0.3) is 0 Å². The van der Waals surface area contributed by atoms with Crippen molar-refractivity contribution in [1.29, 1.82) is 0 Å². The Bertz CT molecular complexity index is 434. The molecule has 5 nitrogen and oxygen atoms in total. The van der Waals surface area contributed by atoms with Gasteiger partial charge in [0, 0.05) is 12.8 Å². The fourth-order valence-corrected chi connectivity index (χ4v) is 4.56. The zero-order valence-electron chi connectivity index (χ0n) is 24.8. The first kappa shape index (κ1) is 40.1. The topological polar surface area (TPSA) is 83.6 Å². The highest BCUT2D eigenvalue weighted by atomic mass is 35.5. The van der Waals surface area contributed by atoms with Crippen LogP contribution in [0.5, 0.6) is 0 Å². The molecule has 0 aliphatic heterocycles. The van der Waals surface area contributed by atoms with Gasteiger partial charge in [-0.3, -0.25) is 4.79 Å². The lowest BCUT2D eigenvalue weighted by Gasteiger charge is -2.29. The number of unbranched alkanes of at least 4 members (excludes halogenated alkanes) is 18. The maximum Gasteiger partial charge on any atom is 0.217 e. The maximum atomic E-state index is 10.6. The van der Waals surface area contributed by atoms with Crippen LogP contribution in [0, 0.1) is 0 Å². The van der Waals surface area contributed by atoms with Crippen molar-refractivity contribution in [3.05, 3.63) is 0 Å². The Kier molecular flexibility index (Phi) is 34.4. The summed E-state index contributed by atoms with van der Waals surface area (Å²) in [6.45, 7) is 6.34. The molecule has 0 atom stereocenters. The molecule has 0 aliphatic carbocycles. The van der Waals surface area contributed by atoms with Gasteiger partial charge in [0.2, 0.25) is 5.91 Å². The van der Waals surface area contributed by atoms with Gasteiger partial charge in [-0.05, 0) is 12.8 Å². The van der Waals surface area contributed by atoms with E-state index in [2.05, 4.69) is 27.9 Å². The smallest absolute Gasteiger partial charge is 0.217 e. The third kappa shape index (κ3) is 38.2. The Balaban J connectivity index is -0.000000764. The van der Waals surface area contributed by atoms with Crippen molar-refractivity contribution in [2.45, 2.75) is 161 Å². The summed E-state index contributed by atoms with van der Waals surface area (Å²) in [4.78, 5) is 10.6. The highest BCUT2D eigenvalue weighted by molar-refractivity contribution is 5.73. The predicted molar refractivity (Wildman–Crippen MR) is 152 cm³/mol. The largest absolute Gasteiger partial charge is 1.00 e. The lowest BCUT2D eigenvalue weighted by molar-refractivity contribution is -0.891. The molecule has 4 N–H and O–H groups in total. The molecule has 220 valence electrons. The molecule has 0 rings (SSSR count). The van der Waals surface area contributed by atoms with Gasteiger partial charge in [0.05, 0.1) is 27.2 Å². The lowest BCUT2D eigenvalue weighted by atomic mass is 10.0. The van der Waals surface area contributed by atoms with Gasteiger partial charge in [-0.15, -0.1) is 0 Å². The number of nitrogens with two attached hydrogens (primary N) is 1. The van der Waals surface area contributed by atoms with Crippen LogP contribution in [0.15, 0.2) is 0 Å². The SMILES string of the molecule is CCCCCCCCCCCCCCCCCCCCCC(N)=O.CCC[N+](C)(C)CCC(O)O.[Cl-]. The van der Waals surface area contributed by atoms with E-state index in [1.165, 1.54) is 116 Å². The first-order chi connectivity index (χ1) is 16.7. The Morgan fingerprint density at radius 2 is 0.944 bits per heavy atom. The molecular formula is C30H65ClN2O3. The van der Waals surface area contributed by atoms with Crippen molar-refractivity contribution >= 4 is 5.91 Å². The van der Waals surface area contributed by atoms with Gasteiger partial charge in [-0.25, -0.2) is 0 Å². The standard InChI is InChI=1S/C22H45NO.C8H20NO2.ClH/c1-2-3-4-5-6-7-8-9-10-11-12-13-14-15-16-17-18-19-20-21-22(23)24;1-4-6-9(2,3)7-5-8(10)11;/h2-21H2,1H3,(H2,23,24);8,10-11H,4-7H2,1-3H3;1H/q;+1;/p-1. The first-order valence-electron chi connectivity index (χ1n) is 15.2. The van der Waals surface area contributed by atoms with E-state index in [0.717, 1.165) is 30.4 Å². The lowest BCUT2D eigenvalue weighted by Crippen LogP contribution is -3.00. The monoisotopic (exact) mass is 536 g/mol. The summed E-state index contributed by atoms with van der Waals surface area (Å²) >= 11 is 0. The Hall–Kier alpha value is -0.360. The van der Waals surface area contributed by atoms with Gasteiger partial charge in [-0.2, -0.15) is 0 Å². The number of aliphatic hydroxyl groups excluding tert-OH is 1.